The number of rotatable bonds is 1. The van der Waals surface area contributed by atoms with E-state index in [0.29, 0.717) is 0 Å². The van der Waals surface area contributed by atoms with Crippen LogP contribution < -0.4 is 0 Å². The molecule has 0 heterocycles. The zero-order chi connectivity index (χ0) is 9.14. The van der Waals surface area contributed by atoms with Crippen LogP contribution in [0, 0.1) is 28.4 Å². The van der Waals surface area contributed by atoms with E-state index in [1.807, 2.05) is 0 Å². The summed E-state index contributed by atoms with van der Waals surface area (Å²) in [5.74, 6) is 0. The molecule has 0 unspecified atom stereocenters. The van der Waals surface area contributed by atoms with Crippen molar-refractivity contribution in [1.82, 2.24) is 0 Å². The van der Waals surface area contributed by atoms with Crippen molar-refractivity contribution in [2.75, 3.05) is 0 Å². The van der Waals surface area contributed by atoms with Gasteiger partial charge in [-0.05, 0) is 18.6 Å². The van der Waals surface area contributed by atoms with Crippen LogP contribution in [0.3, 0.4) is 0 Å². The lowest BCUT2D eigenvalue weighted by Gasteiger charge is -1.94. The normalized spacial score (nSPS) is 9.00. The monoisotopic (exact) mass is 162 g/mol. The second-order valence-corrected chi connectivity index (χ2v) is 2.39. The summed E-state index contributed by atoms with van der Waals surface area (Å²) in [5.41, 5.74) is 0.754. The molecule has 0 spiro atoms. The Morgan fingerprint density at radius 3 is 2.75 bits per heavy atom. The van der Waals surface area contributed by atoms with E-state index in [-0.39, 0.29) is 11.3 Å². The molecule has 0 saturated carbocycles. The zero-order valence-electron chi connectivity index (χ0n) is 6.44. The first-order valence-electron chi connectivity index (χ1n) is 3.30. The maximum atomic E-state index is 10.4. The van der Waals surface area contributed by atoms with Gasteiger partial charge in [-0.15, -0.1) is 0 Å². The van der Waals surface area contributed by atoms with Crippen LogP contribution in [-0.4, -0.2) is 4.92 Å². The summed E-state index contributed by atoms with van der Waals surface area (Å²) >= 11 is 0. The van der Waals surface area contributed by atoms with Gasteiger partial charge in [0.25, 0.3) is 5.69 Å². The van der Waals surface area contributed by atoms with E-state index in [2.05, 4.69) is 0 Å². The van der Waals surface area contributed by atoms with Crippen LogP contribution in [0.25, 0.3) is 0 Å². The Kier molecular flexibility index (Phi) is 2.06. The van der Waals surface area contributed by atoms with Crippen LogP contribution in [0.5, 0.6) is 0 Å². The fraction of sp³-hybridized carbons (Fsp3) is 0.125. The number of hydrogen-bond acceptors (Lipinski definition) is 3. The Hall–Kier alpha value is -1.89. The van der Waals surface area contributed by atoms with Gasteiger partial charge in [-0.3, -0.25) is 10.1 Å². The molecule has 0 aromatic heterocycles. The summed E-state index contributed by atoms with van der Waals surface area (Å²) < 4.78 is 0. The van der Waals surface area contributed by atoms with Crippen LogP contribution in [-0.2, 0) is 0 Å². The quantitative estimate of drug-likeness (QED) is 0.466. The SMILES string of the molecule is Cc1ccc(C#N)c([N+](=O)[O-])c1. The molecule has 0 atom stereocenters. The Morgan fingerprint density at radius 1 is 1.58 bits per heavy atom. The van der Waals surface area contributed by atoms with Gasteiger partial charge in [0.05, 0.1) is 4.92 Å². The topological polar surface area (TPSA) is 66.9 Å². The lowest BCUT2D eigenvalue weighted by Crippen LogP contribution is -1.92. The van der Waals surface area contributed by atoms with E-state index >= 15 is 0 Å². The average molecular weight is 162 g/mol. The molecule has 1 aromatic carbocycles. The second kappa shape index (κ2) is 3.01. The average Bonchev–Trinajstić information content (AvgIpc) is 2.04. The van der Waals surface area contributed by atoms with Crippen molar-refractivity contribution >= 4 is 5.69 Å². The predicted octanol–water partition coefficient (Wildman–Crippen LogP) is 1.77. The first-order valence-corrected chi connectivity index (χ1v) is 3.30. The summed E-state index contributed by atoms with van der Waals surface area (Å²) in [5, 5.41) is 18.9. The minimum atomic E-state index is -0.550. The summed E-state index contributed by atoms with van der Waals surface area (Å²) in [6, 6.07) is 6.27. The molecule has 0 saturated heterocycles. The molecule has 0 fully saturated rings. The Labute approximate surface area is 69.2 Å². The maximum Gasteiger partial charge on any atom is 0.287 e. The lowest BCUT2D eigenvalue weighted by molar-refractivity contribution is -0.385. The molecule has 0 amide bonds. The fourth-order valence-electron chi connectivity index (χ4n) is 0.887. The van der Waals surface area contributed by atoms with Crippen molar-refractivity contribution in [3.05, 3.63) is 39.4 Å². The first-order chi connectivity index (χ1) is 5.65. The highest BCUT2D eigenvalue weighted by atomic mass is 16.6. The molecule has 0 radical (unpaired) electrons. The van der Waals surface area contributed by atoms with E-state index < -0.39 is 4.92 Å². The molecule has 60 valence electrons. The molecule has 0 aliphatic carbocycles. The Morgan fingerprint density at radius 2 is 2.25 bits per heavy atom. The van der Waals surface area contributed by atoms with E-state index in [0.717, 1.165) is 5.56 Å². The third kappa shape index (κ3) is 1.40. The fourth-order valence-corrected chi connectivity index (χ4v) is 0.887. The van der Waals surface area contributed by atoms with Crippen LogP contribution in [0.1, 0.15) is 11.1 Å². The lowest BCUT2D eigenvalue weighted by atomic mass is 10.1. The van der Waals surface area contributed by atoms with E-state index in [1.165, 1.54) is 12.1 Å². The van der Waals surface area contributed by atoms with Gasteiger partial charge < -0.3 is 0 Å². The third-order valence-electron chi connectivity index (χ3n) is 1.47. The molecule has 0 aliphatic rings. The zero-order valence-corrected chi connectivity index (χ0v) is 6.44. The smallest absolute Gasteiger partial charge is 0.258 e. The number of nitro benzene ring substituents is 1. The molecular formula is C8H6N2O2. The van der Waals surface area contributed by atoms with Gasteiger partial charge in [0.15, 0.2) is 0 Å². The third-order valence-corrected chi connectivity index (χ3v) is 1.47. The van der Waals surface area contributed by atoms with E-state index in [9.17, 15) is 10.1 Å². The summed E-state index contributed by atoms with van der Waals surface area (Å²) in [6.45, 7) is 1.74. The second-order valence-electron chi connectivity index (χ2n) is 2.39. The van der Waals surface area contributed by atoms with Crippen molar-refractivity contribution in [2.45, 2.75) is 6.92 Å². The molecule has 1 rings (SSSR count). The van der Waals surface area contributed by atoms with Gasteiger partial charge >= 0.3 is 0 Å². The Balaban J connectivity index is 3.34. The Bertz CT molecular complexity index is 366. The van der Waals surface area contributed by atoms with Crippen LogP contribution in [0.15, 0.2) is 18.2 Å². The van der Waals surface area contributed by atoms with Crippen molar-refractivity contribution in [1.29, 1.82) is 5.26 Å². The number of nitrogens with zero attached hydrogens (tertiary/aromatic N) is 2. The standard InChI is InChI=1S/C8H6N2O2/c1-6-2-3-7(5-9)8(4-6)10(11)12/h2-4H,1H3. The van der Waals surface area contributed by atoms with Crippen molar-refractivity contribution < 1.29 is 4.92 Å². The van der Waals surface area contributed by atoms with Crippen LogP contribution in [0.4, 0.5) is 5.69 Å². The van der Waals surface area contributed by atoms with Crippen LogP contribution in [0.2, 0.25) is 0 Å². The molecule has 4 heteroatoms. The van der Waals surface area contributed by atoms with Crippen molar-refractivity contribution in [3.8, 4) is 6.07 Å². The number of benzene rings is 1. The summed E-state index contributed by atoms with van der Waals surface area (Å²) in [6.07, 6.45) is 0. The first kappa shape index (κ1) is 8.21. The van der Waals surface area contributed by atoms with Gasteiger partial charge in [0.1, 0.15) is 11.6 Å². The molecule has 4 nitrogen and oxygen atoms in total. The minimum absolute atomic E-state index is 0.102. The van der Waals surface area contributed by atoms with Gasteiger partial charge in [-0.25, -0.2) is 0 Å². The molecule has 0 bridgehead atoms. The van der Waals surface area contributed by atoms with Gasteiger partial charge in [0.2, 0.25) is 0 Å². The van der Waals surface area contributed by atoms with Crippen molar-refractivity contribution in [3.63, 3.8) is 0 Å². The van der Waals surface area contributed by atoms with E-state index in [1.54, 1.807) is 19.1 Å². The summed E-state index contributed by atoms with van der Waals surface area (Å²) in [4.78, 5) is 9.84. The maximum absolute atomic E-state index is 10.4. The number of hydrogen-bond donors (Lipinski definition) is 0. The molecule has 0 aliphatic heterocycles. The minimum Gasteiger partial charge on any atom is -0.258 e. The van der Waals surface area contributed by atoms with Gasteiger partial charge in [-0.2, -0.15) is 5.26 Å². The number of nitro groups is 1. The van der Waals surface area contributed by atoms with Crippen LogP contribution >= 0.6 is 0 Å². The van der Waals surface area contributed by atoms with Crippen molar-refractivity contribution in [2.24, 2.45) is 0 Å². The number of aryl methyl sites for hydroxylation is 1. The summed E-state index contributed by atoms with van der Waals surface area (Å²) in [7, 11) is 0. The van der Waals surface area contributed by atoms with Gasteiger partial charge in [-0.1, -0.05) is 6.07 Å². The van der Waals surface area contributed by atoms with E-state index in [4.69, 9.17) is 5.26 Å². The molecule has 1 aromatic rings. The molecule has 12 heavy (non-hydrogen) atoms. The predicted molar refractivity (Wildman–Crippen MR) is 42.5 cm³/mol. The highest BCUT2D eigenvalue weighted by molar-refractivity contribution is 5.50. The molecular weight excluding hydrogens is 156 g/mol. The van der Waals surface area contributed by atoms with Gasteiger partial charge in [0, 0.05) is 6.07 Å². The highest BCUT2D eigenvalue weighted by Crippen LogP contribution is 2.18. The largest absolute Gasteiger partial charge is 0.287 e. The number of nitriles is 1. The molecule has 0 N–H and O–H groups in total. The highest BCUT2D eigenvalue weighted by Gasteiger charge is 2.12.